The van der Waals surface area contributed by atoms with E-state index in [9.17, 15) is 4.79 Å². The summed E-state index contributed by atoms with van der Waals surface area (Å²) in [5.41, 5.74) is 1.53. The first kappa shape index (κ1) is 13.2. The Balaban J connectivity index is 2.04. The summed E-state index contributed by atoms with van der Waals surface area (Å²) in [4.78, 5) is 11.9. The molecular formula is C14H11ClO2Se. The van der Waals surface area contributed by atoms with Crippen molar-refractivity contribution >= 4 is 34.6 Å². The Morgan fingerprint density at radius 1 is 1.06 bits per heavy atom. The number of esters is 1. The van der Waals surface area contributed by atoms with Gasteiger partial charge in [0.25, 0.3) is 0 Å². The molecule has 2 aromatic rings. The van der Waals surface area contributed by atoms with Crippen LogP contribution in [-0.2, 0) is 11.3 Å². The normalized spacial score (nSPS) is 10.1. The molecule has 92 valence electrons. The van der Waals surface area contributed by atoms with Crippen molar-refractivity contribution in [2.75, 3.05) is 0 Å². The number of hydrogen-bond acceptors (Lipinski definition) is 2. The Hall–Kier alpha value is -1.28. The number of ether oxygens (including phenoxy) is 1. The third-order valence-corrected chi connectivity index (χ3v) is 4.36. The fourth-order valence-corrected chi connectivity index (χ4v) is 2.97. The number of hydrogen-bond donors (Lipinski definition) is 0. The Bertz CT molecular complexity index is 528. The monoisotopic (exact) mass is 326 g/mol. The van der Waals surface area contributed by atoms with Gasteiger partial charge in [0, 0.05) is 0 Å². The molecule has 0 spiro atoms. The van der Waals surface area contributed by atoms with Crippen LogP contribution < -0.4 is 4.46 Å². The van der Waals surface area contributed by atoms with Gasteiger partial charge in [-0.15, -0.1) is 0 Å². The Morgan fingerprint density at radius 2 is 1.72 bits per heavy atom. The molecule has 2 aromatic carbocycles. The van der Waals surface area contributed by atoms with Crippen molar-refractivity contribution in [2.24, 2.45) is 0 Å². The van der Waals surface area contributed by atoms with Gasteiger partial charge in [0.05, 0.1) is 0 Å². The second-order valence-electron chi connectivity index (χ2n) is 3.64. The first-order chi connectivity index (χ1) is 8.81. The Labute approximate surface area is 116 Å². The van der Waals surface area contributed by atoms with Crippen molar-refractivity contribution in [3.8, 4) is 0 Å². The van der Waals surface area contributed by atoms with Crippen molar-refractivity contribution < 1.29 is 9.53 Å². The average Bonchev–Trinajstić information content (AvgIpc) is 2.45. The molecule has 0 amide bonds. The predicted octanol–water partition coefficient (Wildman–Crippen LogP) is 2.53. The van der Waals surface area contributed by atoms with Crippen molar-refractivity contribution in [1.29, 1.82) is 0 Å². The van der Waals surface area contributed by atoms with E-state index < -0.39 is 0 Å². The van der Waals surface area contributed by atoms with Gasteiger partial charge in [0.1, 0.15) is 0 Å². The van der Waals surface area contributed by atoms with E-state index in [1.165, 1.54) is 0 Å². The molecule has 0 fully saturated rings. The van der Waals surface area contributed by atoms with Crippen LogP contribution in [0.4, 0.5) is 0 Å². The molecule has 2 rings (SSSR count). The van der Waals surface area contributed by atoms with E-state index in [2.05, 4.69) is 0 Å². The summed E-state index contributed by atoms with van der Waals surface area (Å²) < 4.78 is 6.12. The molecule has 2 nitrogen and oxygen atoms in total. The van der Waals surface area contributed by atoms with Gasteiger partial charge < -0.3 is 0 Å². The van der Waals surface area contributed by atoms with Crippen LogP contribution in [0.5, 0.6) is 0 Å². The van der Waals surface area contributed by atoms with Crippen LogP contribution in [0.3, 0.4) is 0 Å². The van der Waals surface area contributed by atoms with Gasteiger partial charge in [-0.2, -0.15) is 0 Å². The summed E-state index contributed by atoms with van der Waals surface area (Å²) in [6.07, 6.45) is 0. The number of carbonyl (C=O) groups is 1. The van der Waals surface area contributed by atoms with Crippen molar-refractivity contribution in [2.45, 2.75) is 6.61 Å². The molecule has 0 aromatic heterocycles. The molecule has 0 atom stereocenters. The maximum atomic E-state index is 11.9. The van der Waals surface area contributed by atoms with E-state index in [-0.39, 0.29) is 26.6 Å². The molecule has 0 unspecified atom stereocenters. The quantitative estimate of drug-likeness (QED) is 0.638. The molecule has 18 heavy (non-hydrogen) atoms. The van der Waals surface area contributed by atoms with E-state index in [4.69, 9.17) is 14.8 Å². The number of rotatable bonds is 4. The second-order valence-corrected chi connectivity index (χ2v) is 5.68. The van der Waals surface area contributed by atoms with Crippen LogP contribution in [-0.4, -0.2) is 20.0 Å². The average molecular weight is 326 g/mol. The molecule has 0 aliphatic heterocycles. The summed E-state index contributed by atoms with van der Waals surface area (Å²) in [5.74, 6) is -0.322. The standard InChI is InChI=1S/C14H11ClO2Se/c15-18-13-9-5-4-8-12(13)14(16)17-10-11-6-2-1-3-7-11/h1-9H,10H2. The molecule has 4 heteroatoms. The van der Waals surface area contributed by atoms with Gasteiger partial charge in [0.15, 0.2) is 0 Å². The van der Waals surface area contributed by atoms with Gasteiger partial charge in [-0.3, -0.25) is 0 Å². The Kier molecular flexibility index (Phi) is 4.82. The molecular weight excluding hydrogens is 315 g/mol. The minimum atomic E-state index is -0.322. The van der Waals surface area contributed by atoms with Crippen LogP contribution >= 0.6 is 10.1 Å². The van der Waals surface area contributed by atoms with E-state index >= 15 is 0 Å². The van der Waals surface area contributed by atoms with E-state index in [1.807, 2.05) is 48.5 Å². The van der Waals surface area contributed by atoms with Crippen molar-refractivity contribution in [3.05, 3.63) is 65.7 Å². The van der Waals surface area contributed by atoms with Crippen LogP contribution in [0, 0.1) is 0 Å². The molecule has 0 N–H and O–H groups in total. The van der Waals surface area contributed by atoms with Crippen molar-refractivity contribution in [1.82, 2.24) is 0 Å². The Morgan fingerprint density at radius 3 is 2.44 bits per heavy atom. The summed E-state index contributed by atoms with van der Waals surface area (Å²) in [7, 11) is 5.85. The van der Waals surface area contributed by atoms with Gasteiger partial charge in [0.2, 0.25) is 0 Å². The second kappa shape index (κ2) is 6.60. The fourth-order valence-electron chi connectivity index (χ4n) is 1.50. The SMILES string of the molecule is O=C(OCc1ccccc1)c1ccccc1[Se]Cl. The molecule has 0 heterocycles. The zero-order valence-electron chi connectivity index (χ0n) is 9.51. The van der Waals surface area contributed by atoms with E-state index in [0.717, 1.165) is 10.0 Å². The van der Waals surface area contributed by atoms with Crippen LogP contribution in [0.15, 0.2) is 54.6 Å². The zero-order valence-corrected chi connectivity index (χ0v) is 12.0. The topological polar surface area (TPSA) is 26.3 Å². The molecule has 0 bridgehead atoms. The van der Waals surface area contributed by atoms with Gasteiger partial charge >= 0.3 is 116 Å². The van der Waals surface area contributed by atoms with Gasteiger partial charge in [-0.1, -0.05) is 0 Å². The minimum absolute atomic E-state index is 0.234. The first-order valence-electron chi connectivity index (χ1n) is 5.40. The summed E-state index contributed by atoms with van der Waals surface area (Å²) in [6.45, 7) is 0.281. The molecule has 0 aliphatic carbocycles. The van der Waals surface area contributed by atoms with E-state index in [1.54, 1.807) is 6.07 Å². The third-order valence-electron chi connectivity index (χ3n) is 2.40. The van der Waals surface area contributed by atoms with Crippen LogP contribution in [0.25, 0.3) is 0 Å². The summed E-state index contributed by atoms with van der Waals surface area (Å²) in [5, 5.41) is 0. The molecule has 0 aliphatic rings. The van der Waals surface area contributed by atoms with Crippen molar-refractivity contribution in [3.63, 3.8) is 0 Å². The third kappa shape index (κ3) is 3.36. The fraction of sp³-hybridized carbons (Fsp3) is 0.0714. The first-order valence-corrected chi connectivity index (χ1v) is 8.50. The van der Waals surface area contributed by atoms with Crippen LogP contribution in [0.1, 0.15) is 15.9 Å². The zero-order chi connectivity index (χ0) is 12.8. The summed E-state index contributed by atoms with van der Waals surface area (Å²) >= 11 is -0.234. The molecule has 0 radical (unpaired) electrons. The summed E-state index contributed by atoms with van der Waals surface area (Å²) in [6, 6.07) is 16.9. The number of carbonyl (C=O) groups excluding carboxylic acids is 1. The van der Waals surface area contributed by atoms with E-state index in [0.29, 0.717) is 5.56 Å². The molecule has 0 saturated heterocycles. The number of benzene rings is 2. The van der Waals surface area contributed by atoms with Gasteiger partial charge in [-0.05, 0) is 0 Å². The predicted molar refractivity (Wildman–Crippen MR) is 73.2 cm³/mol. The molecule has 0 saturated carbocycles. The van der Waals surface area contributed by atoms with Gasteiger partial charge in [-0.25, -0.2) is 0 Å². The maximum absolute atomic E-state index is 11.9. The number of halogens is 1. The van der Waals surface area contributed by atoms with Crippen LogP contribution in [0.2, 0.25) is 0 Å².